The zero-order chi connectivity index (χ0) is 12.9. The predicted octanol–water partition coefficient (Wildman–Crippen LogP) is 4.01. The molecule has 0 aliphatic heterocycles. The normalized spacial score (nSPS) is 11.3. The molecule has 3 rings (SSSR count). The molecule has 3 aromatic heterocycles. The van der Waals surface area contributed by atoms with E-state index in [0.29, 0.717) is 21.9 Å². The number of hydrogen-bond donors (Lipinski definition) is 1. The lowest BCUT2D eigenvalue weighted by atomic mass is 10.3. The molecule has 0 atom stereocenters. The number of aromatic nitrogens is 2. The van der Waals surface area contributed by atoms with E-state index in [1.54, 1.807) is 0 Å². The molecule has 2 N–H and O–H groups in total. The zero-order valence-electron chi connectivity index (χ0n) is 9.45. The van der Waals surface area contributed by atoms with E-state index in [-0.39, 0.29) is 0 Å². The Morgan fingerprint density at radius 2 is 2.11 bits per heavy atom. The number of anilines is 1. The summed E-state index contributed by atoms with van der Waals surface area (Å²) in [5, 5.41) is 0. The van der Waals surface area contributed by atoms with Gasteiger partial charge in [0.25, 0.3) is 0 Å². The third kappa shape index (κ3) is 1.76. The smallest absolute Gasteiger partial charge is 0.184 e. The van der Waals surface area contributed by atoms with Gasteiger partial charge in [0.1, 0.15) is 17.2 Å². The minimum Gasteiger partial charge on any atom is -0.446 e. The topological polar surface area (TPSA) is 56.5 Å². The van der Waals surface area contributed by atoms with Crippen molar-refractivity contribution in [1.29, 1.82) is 0 Å². The second kappa shape index (κ2) is 4.13. The molecule has 0 spiro atoms. The molecule has 0 aromatic carbocycles. The lowest BCUT2D eigenvalue weighted by molar-refractivity contribution is 0.552. The van der Waals surface area contributed by atoms with Gasteiger partial charge >= 0.3 is 0 Å². The van der Waals surface area contributed by atoms with Crippen molar-refractivity contribution in [2.24, 2.45) is 0 Å². The fraction of sp³-hybridized carbons (Fsp3) is 0.0833. The van der Waals surface area contributed by atoms with Crippen molar-refractivity contribution in [2.75, 3.05) is 5.73 Å². The number of rotatable bonds is 1. The molecule has 6 heteroatoms. The molecule has 3 heterocycles. The number of pyridine rings is 1. The predicted molar refractivity (Wildman–Crippen MR) is 77.4 cm³/mol. The van der Waals surface area contributed by atoms with Crippen molar-refractivity contribution in [2.45, 2.75) is 6.92 Å². The van der Waals surface area contributed by atoms with E-state index in [9.17, 15) is 0 Å². The third-order valence-electron chi connectivity index (χ3n) is 2.68. The number of halogens is 2. The summed E-state index contributed by atoms with van der Waals surface area (Å²) in [5.74, 6) is 1.20. The first-order valence-electron chi connectivity index (χ1n) is 5.25. The summed E-state index contributed by atoms with van der Waals surface area (Å²) in [7, 11) is 0. The highest BCUT2D eigenvalue weighted by atomic mass is 79.9. The molecule has 92 valence electrons. The second-order valence-electron chi connectivity index (χ2n) is 4.01. The van der Waals surface area contributed by atoms with Gasteiger partial charge in [0.15, 0.2) is 10.4 Å². The Bertz CT molecular complexity index is 726. The highest BCUT2D eigenvalue weighted by Gasteiger charge is 2.16. The molecule has 0 bridgehead atoms. The number of nitrogen functional groups attached to an aromatic ring is 1. The van der Waals surface area contributed by atoms with Gasteiger partial charge < -0.3 is 10.2 Å². The standard InChI is InChI=1S/C12H9Br2N3O/c1-6-2-3-9-16-10(12(15)17(9)5-6)8-4-7(13)11(14)18-8/h2-5H,15H2,1H3. The molecule has 0 unspecified atom stereocenters. The number of nitrogens with two attached hydrogens (primary N) is 1. The summed E-state index contributed by atoms with van der Waals surface area (Å²) in [6.45, 7) is 2.01. The van der Waals surface area contributed by atoms with Crippen LogP contribution in [0.3, 0.4) is 0 Å². The van der Waals surface area contributed by atoms with Crippen molar-refractivity contribution >= 4 is 43.3 Å². The summed E-state index contributed by atoms with van der Waals surface area (Å²) >= 11 is 6.68. The lowest BCUT2D eigenvalue weighted by Gasteiger charge is -1.97. The van der Waals surface area contributed by atoms with E-state index < -0.39 is 0 Å². The molecular weight excluding hydrogens is 362 g/mol. The van der Waals surface area contributed by atoms with Gasteiger partial charge in [0.05, 0.1) is 4.47 Å². The number of furan rings is 1. The lowest BCUT2D eigenvalue weighted by Crippen LogP contribution is -1.94. The minimum absolute atomic E-state index is 0.572. The van der Waals surface area contributed by atoms with Gasteiger partial charge in [-0.1, -0.05) is 6.07 Å². The number of hydrogen-bond acceptors (Lipinski definition) is 3. The Balaban J connectivity index is 2.26. The monoisotopic (exact) mass is 369 g/mol. The van der Waals surface area contributed by atoms with Crippen LogP contribution in [0.25, 0.3) is 17.1 Å². The van der Waals surface area contributed by atoms with Crippen LogP contribution in [0.15, 0.2) is 38.0 Å². The Hall–Kier alpha value is -1.27. The molecule has 0 aliphatic rings. The first kappa shape index (κ1) is 11.8. The second-order valence-corrected chi connectivity index (χ2v) is 5.59. The fourth-order valence-electron chi connectivity index (χ4n) is 1.81. The summed E-state index contributed by atoms with van der Waals surface area (Å²) in [4.78, 5) is 4.48. The first-order chi connectivity index (χ1) is 8.56. The Morgan fingerprint density at radius 1 is 1.33 bits per heavy atom. The van der Waals surface area contributed by atoms with Crippen LogP contribution in [-0.2, 0) is 0 Å². The minimum atomic E-state index is 0.572. The van der Waals surface area contributed by atoms with Crippen molar-refractivity contribution < 1.29 is 4.42 Å². The molecular formula is C12H9Br2N3O. The molecule has 18 heavy (non-hydrogen) atoms. The molecule has 0 radical (unpaired) electrons. The van der Waals surface area contributed by atoms with Crippen LogP contribution >= 0.6 is 31.9 Å². The zero-order valence-corrected chi connectivity index (χ0v) is 12.6. The van der Waals surface area contributed by atoms with Crippen molar-refractivity contribution in [3.8, 4) is 11.5 Å². The molecule has 0 saturated carbocycles. The average molecular weight is 371 g/mol. The largest absolute Gasteiger partial charge is 0.446 e. The summed E-state index contributed by atoms with van der Waals surface area (Å²) in [6, 6.07) is 5.77. The van der Waals surface area contributed by atoms with Gasteiger partial charge in [-0.25, -0.2) is 4.98 Å². The molecule has 0 aliphatic carbocycles. The Kier molecular flexibility index (Phi) is 2.71. The number of imidazole rings is 1. The summed E-state index contributed by atoms with van der Waals surface area (Å²) < 4.78 is 8.88. The number of fused-ring (bicyclic) bond motifs is 1. The highest BCUT2D eigenvalue weighted by molar-refractivity contribution is 9.13. The maximum atomic E-state index is 6.11. The van der Waals surface area contributed by atoms with Crippen LogP contribution in [0.4, 0.5) is 5.82 Å². The maximum absolute atomic E-state index is 6.11. The molecule has 0 fully saturated rings. The summed E-state index contributed by atoms with van der Waals surface area (Å²) in [5.41, 5.74) is 8.68. The van der Waals surface area contributed by atoms with E-state index in [1.165, 1.54) is 0 Å². The van der Waals surface area contributed by atoms with Gasteiger partial charge in [-0.15, -0.1) is 0 Å². The summed E-state index contributed by atoms with van der Waals surface area (Å²) in [6.07, 6.45) is 1.95. The van der Waals surface area contributed by atoms with Crippen LogP contribution < -0.4 is 5.73 Å². The van der Waals surface area contributed by atoms with Gasteiger partial charge in [-0.3, -0.25) is 4.40 Å². The van der Waals surface area contributed by atoms with E-state index in [4.69, 9.17) is 10.2 Å². The molecule has 3 aromatic rings. The average Bonchev–Trinajstić information content (AvgIpc) is 2.82. The van der Waals surface area contributed by atoms with Gasteiger partial charge in [0, 0.05) is 12.3 Å². The number of aryl methyl sites for hydroxylation is 1. The quantitative estimate of drug-likeness (QED) is 0.704. The Labute approximate surface area is 120 Å². The molecule has 4 nitrogen and oxygen atoms in total. The van der Waals surface area contributed by atoms with E-state index in [0.717, 1.165) is 15.7 Å². The van der Waals surface area contributed by atoms with Crippen molar-refractivity contribution in [1.82, 2.24) is 9.38 Å². The van der Waals surface area contributed by atoms with Crippen molar-refractivity contribution in [3.63, 3.8) is 0 Å². The van der Waals surface area contributed by atoms with Crippen LogP contribution in [0.1, 0.15) is 5.56 Å². The van der Waals surface area contributed by atoms with E-state index >= 15 is 0 Å². The van der Waals surface area contributed by atoms with Crippen LogP contribution in [0.2, 0.25) is 0 Å². The van der Waals surface area contributed by atoms with Crippen LogP contribution in [0.5, 0.6) is 0 Å². The molecule has 0 amide bonds. The van der Waals surface area contributed by atoms with Gasteiger partial charge in [-0.05, 0) is 50.4 Å². The first-order valence-corrected chi connectivity index (χ1v) is 6.84. The van der Waals surface area contributed by atoms with Gasteiger partial charge in [0.2, 0.25) is 0 Å². The van der Waals surface area contributed by atoms with Crippen LogP contribution in [-0.4, -0.2) is 9.38 Å². The highest BCUT2D eigenvalue weighted by Crippen LogP contribution is 2.35. The maximum Gasteiger partial charge on any atom is 0.184 e. The van der Waals surface area contributed by atoms with E-state index in [1.807, 2.05) is 35.7 Å². The van der Waals surface area contributed by atoms with Crippen molar-refractivity contribution in [3.05, 3.63) is 39.1 Å². The fourth-order valence-corrected chi connectivity index (χ4v) is 2.39. The Morgan fingerprint density at radius 3 is 2.78 bits per heavy atom. The van der Waals surface area contributed by atoms with E-state index in [2.05, 4.69) is 36.8 Å². The third-order valence-corrected chi connectivity index (χ3v) is 4.39. The number of nitrogens with zero attached hydrogens (tertiary/aromatic N) is 2. The molecule has 0 saturated heterocycles. The SMILES string of the molecule is Cc1ccc2nc(-c3cc(Br)c(Br)o3)c(N)n2c1. The van der Waals surface area contributed by atoms with Crippen LogP contribution in [0, 0.1) is 6.92 Å². The van der Waals surface area contributed by atoms with Gasteiger partial charge in [-0.2, -0.15) is 0 Å².